The maximum atomic E-state index is 12.5. The molecule has 0 radical (unpaired) electrons. The minimum absolute atomic E-state index is 0.0552. The molecule has 0 saturated carbocycles. The van der Waals surface area contributed by atoms with Gasteiger partial charge in [-0.1, -0.05) is 25.1 Å². The van der Waals surface area contributed by atoms with Crippen molar-refractivity contribution < 1.29 is 19.1 Å². The average molecular weight is 303 g/mol. The molecule has 0 bridgehead atoms. The zero-order chi connectivity index (χ0) is 16.3. The van der Waals surface area contributed by atoms with Gasteiger partial charge in [-0.2, -0.15) is 5.11 Å². The topological polar surface area (TPSA) is 103 Å². The third-order valence-corrected chi connectivity index (χ3v) is 3.55. The van der Waals surface area contributed by atoms with Crippen LogP contribution in [0.5, 0.6) is 5.75 Å². The summed E-state index contributed by atoms with van der Waals surface area (Å²) in [5, 5.41) is 7.59. The summed E-state index contributed by atoms with van der Waals surface area (Å²) >= 11 is 0. The zero-order valence-corrected chi connectivity index (χ0v) is 12.6. The number of hydrogen-bond donors (Lipinski definition) is 1. The number of carbonyl (C=O) groups excluding carboxylic acids is 2. The van der Waals surface area contributed by atoms with Crippen molar-refractivity contribution in [3.05, 3.63) is 41.2 Å². The SMILES string of the molecule is CCC1(C(=O)Oc2ccccc2C)N=NC(C(=O)OC)=C1N. The smallest absolute Gasteiger partial charge is 0.360 e. The van der Waals surface area contributed by atoms with Crippen LogP contribution in [0.2, 0.25) is 0 Å². The van der Waals surface area contributed by atoms with Crippen molar-refractivity contribution in [3.63, 3.8) is 0 Å². The number of esters is 2. The number of ether oxygens (including phenoxy) is 2. The van der Waals surface area contributed by atoms with E-state index in [1.165, 1.54) is 7.11 Å². The molecule has 116 valence electrons. The molecule has 1 aliphatic heterocycles. The molecule has 0 fully saturated rings. The molecule has 2 N–H and O–H groups in total. The molecular formula is C15H17N3O4. The van der Waals surface area contributed by atoms with Crippen LogP contribution in [0.1, 0.15) is 18.9 Å². The first-order valence-electron chi connectivity index (χ1n) is 6.75. The Morgan fingerprint density at radius 3 is 2.59 bits per heavy atom. The molecule has 1 unspecified atom stereocenters. The van der Waals surface area contributed by atoms with E-state index in [1.807, 2.05) is 19.1 Å². The summed E-state index contributed by atoms with van der Waals surface area (Å²) in [5.74, 6) is -1.00. The van der Waals surface area contributed by atoms with Crippen LogP contribution < -0.4 is 10.5 Å². The predicted octanol–water partition coefficient (Wildman–Crippen LogP) is 1.86. The molecule has 0 amide bonds. The molecule has 7 heteroatoms. The van der Waals surface area contributed by atoms with Crippen molar-refractivity contribution >= 4 is 11.9 Å². The van der Waals surface area contributed by atoms with Gasteiger partial charge in [0, 0.05) is 0 Å². The second-order valence-corrected chi connectivity index (χ2v) is 4.82. The van der Waals surface area contributed by atoms with Gasteiger partial charge in [0.05, 0.1) is 12.8 Å². The van der Waals surface area contributed by atoms with E-state index in [-0.39, 0.29) is 17.8 Å². The number of benzene rings is 1. The molecule has 1 aromatic carbocycles. The summed E-state index contributed by atoms with van der Waals surface area (Å²) < 4.78 is 9.97. The highest BCUT2D eigenvalue weighted by Gasteiger charge is 2.48. The maximum Gasteiger partial charge on any atom is 0.360 e. The fraction of sp³-hybridized carbons (Fsp3) is 0.333. The molecule has 0 aliphatic carbocycles. The molecule has 0 spiro atoms. The molecule has 1 aliphatic rings. The molecular weight excluding hydrogens is 286 g/mol. The number of hydrogen-bond acceptors (Lipinski definition) is 7. The second-order valence-electron chi connectivity index (χ2n) is 4.82. The summed E-state index contributed by atoms with van der Waals surface area (Å²) in [7, 11) is 1.20. The molecule has 1 heterocycles. The number of rotatable bonds is 4. The lowest BCUT2D eigenvalue weighted by atomic mass is 9.93. The Kier molecular flexibility index (Phi) is 4.25. The fourth-order valence-electron chi connectivity index (χ4n) is 2.10. The van der Waals surface area contributed by atoms with Crippen LogP contribution in [-0.2, 0) is 14.3 Å². The number of nitrogens with two attached hydrogens (primary N) is 1. The summed E-state index contributed by atoms with van der Waals surface area (Å²) in [6.45, 7) is 3.53. The number of methoxy groups -OCH3 is 1. The van der Waals surface area contributed by atoms with E-state index in [0.29, 0.717) is 5.75 Å². The van der Waals surface area contributed by atoms with Gasteiger partial charge in [0.25, 0.3) is 0 Å². The van der Waals surface area contributed by atoms with Gasteiger partial charge in [-0.15, -0.1) is 5.11 Å². The third-order valence-electron chi connectivity index (χ3n) is 3.55. The van der Waals surface area contributed by atoms with Gasteiger partial charge in [-0.3, -0.25) is 0 Å². The average Bonchev–Trinajstić information content (AvgIpc) is 2.86. The van der Waals surface area contributed by atoms with Crippen molar-refractivity contribution in [2.45, 2.75) is 25.8 Å². The Hall–Kier alpha value is -2.70. The molecule has 7 nitrogen and oxygen atoms in total. The van der Waals surface area contributed by atoms with Gasteiger partial charge in [0.1, 0.15) is 5.75 Å². The lowest BCUT2D eigenvalue weighted by Gasteiger charge is -2.22. The van der Waals surface area contributed by atoms with Crippen LogP contribution in [0.25, 0.3) is 0 Å². The minimum Gasteiger partial charge on any atom is -0.464 e. The first-order valence-corrected chi connectivity index (χ1v) is 6.75. The van der Waals surface area contributed by atoms with Crippen molar-refractivity contribution in [3.8, 4) is 5.75 Å². The van der Waals surface area contributed by atoms with E-state index >= 15 is 0 Å². The Labute approximate surface area is 127 Å². The maximum absolute atomic E-state index is 12.5. The Balaban J connectivity index is 2.35. The van der Waals surface area contributed by atoms with Crippen molar-refractivity contribution in [2.24, 2.45) is 16.0 Å². The van der Waals surface area contributed by atoms with Crippen LogP contribution in [0, 0.1) is 6.92 Å². The lowest BCUT2D eigenvalue weighted by molar-refractivity contribution is -0.139. The van der Waals surface area contributed by atoms with Crippen LogP contribution in [-0.4, -0.2) is 24.6 Å². The highest BCUT2D eigenvalue weighted by molar-refractivity contribution is 5.95. The van der Waals surface area contributed by atoms with E-state index < -0.39 is 17.5 Å². The normalized spacial score (nSPS) is 20.1. The zero-order valence-electron chi connectivity index (χ0n) is 12.6. The van der Waals surface area contributed by atoms with E-state index in [2.05, 4.69) is 15.0 Å². The summed E-state index contributed by atoms with van der Waals surface area (Å²) in [4.78, 5) is 24.1. The Bertz CT molecular complexity index is 681. The van der Waals surface area contributed by atoms with E-state index in [0.717, 1.165) is 5.56 Å². The van der Waals surface area contributed by atoms with E-state index in [9.17, 15) is 9.59 Å². The monoisotopic (exact) mass is 303 g/mol. The quantitative estimate of drug-likeness (QED) is 0.675. The number of nitrogens with zero attached hydrogens (tertiary/aromatic N) is 2. The molecule has 2 rings (SSSR count). The number of carbonyl (C=O) groups is 2. The standard InChI is InChI=1S/C15H17N3O4/c1-4-15(12(16)11(17-18-15)13(19)21-3)14(20)22-10-8-6-5-7-9(10)2/h5-8H,4,16H2,1-3H3. The van der Waals surface area contributed by atoms with Gasteiger partial charge < -0.3 is 15.2 Å². The number of azo groups is 1. The summed E-state index contributed by atoms with van der Waals surface area (Å²) in [6, 6.07) is 7.07. The summed E-state index contributed by atoms with van der Waals surface area (Å²) in [6.07, 6.45) is 0.216. The Morgan fingerprint density at radius 2 is 2.00 bits per heavy atom. The number of para-hydroxylation sites is 1. The molecule has 1 aromatic rings. The van der Waals surface area contributed by atoms with Crippen molar-refractivity contribution in [1.29, 1.82) is 0 Å². The minimum atomic E-state index is -1.49. The number of aryl methyl sites for hydroxylation is 1. The van der Waals surface area contributed by atoms with Crippen LogP contribution in [0.3, 0.4) is 0 Å². The third kappa shape index (κ3) is 2.45. The van der Waals surface area contributed by atoms with Gasteiger partial charge in [0.2, 0.25) is 5.54 Å². The molecule has 0 aromatic heterocycles. The molecule has 1 atom stereocenters. The molecule has 22 heavy (non-hydrogen) atoms. The first kappa shape index (κ1) is 15.7. The second kappa shape index (κ2) is 5.97. The molecule has 0 saturated heterocycles. The Morgan fingerprint density at radius 1 is 1.32 bits per heavy atom. The van der Waals surface area contributed by atoms with Crippen molar-refractivity contribution in [2.75, 3.05) is 7.11 Å². The van der Waals surface area contributed by atoms with Gasteiger partial charge in [0.15, 0.2) is 5.70 Å². The van der Waals surface area contributed by atoms with Gasteiger partial charge in [-0.25, -0.2) is 9.59 Å². The largest absolute Gasteiger partial charge is 0.464 e. The van der Waals surface area contributed by atoms with E-state index in [1.54, 1.807) is 19.1 Å². The highest BCUT2D eigenvalue weighted by Crippen LogP contribution is 2.34. The van der Waals surface area contributed by atoms with Gasteiger partial charge in [-0.05, 0) is 25.0 Å². The summed E-state index contributed by atoms with van der Waals surface area (Å²) in [5.41, 5.74) is 5.02. The van der Waals surface area contributed by atoms with Crippen LogP contribution >= 0.6 is 0 Å². The fourth-order valence-corrected chi connectivity index (χ4v) is 2.10. The highest BCUT2D eigenvalue weighted by atomic mass is 16.5. The van der Waals surface area contributed by atoms with Crippen molar-refractivity contribution in [1.82, 2.24) is 0 Å². The van der Waals surface area contributed by atoms with Crippen LogP contribution in [0.15, 0.2) is 45.9 Å². The van der Waals surface area contributed by atoms with E-state index in [4.69, 9.17) is 10.5 Å². The van der Waals surface area contributed by atoms with Crippen LogP contribution in [0.4, 0.5) is 0 Å². The first-order chi connectivity index (χ1) is 10.5. The van der Waals surface area contributed by atoms with Gasteiger partial charge >= 0.3 is 11.9 Å². The predicted molar refractivity (Wildman–Crippen MR) is 77.9 cm³/mol. The lowest BCUT2D eigenvalue weighted by Crippen LogP contribution is -2.43.